The fourth-order valence-electron chi connectivity index (χ4n) is 1.85. The van der Waals surface area contributed by atoms with Gasteiger partial charge >= 0.3 is 0 Å². The molecular formula is C11H22N2O2. The Balaban J connectivity index is 2.09. The van der Waals surface area contributed by atoms with Gasteiger partial charge in [0.1, 0.15) is 0 Å². The monoisotopic (exact) mass is 214 g/mol. The summed E-state index contributed by atoms with van der Waals surface area (Å²) in [6.07, 6.45) is 4.17. The van der Waals surface area contributed by atoms with Crippen LogP contribution in [0.2, 0.25) is 0 Å². The van der Waals surface area contributed by atoms with Gasteiger partial charge in [-0.05, 0) is 45.8 Å². The molecule has 0 unspecified atom stereocenters. The van der Waals surface area contributed by atoms with Crippen LogP contribution in [0, 0.1) is 0 Å². The number of hydrogen-bond donors (Lipinski definition) is 2. The van der Waals surface area contributed by atoms with Crippen molar-refractivity contribution in [2.75, 3.05) is 26.7 Å². The average Bonchev–Trinajstić information content (AvgIpc) is 2.22. The lowest BCUT2D eigenvalue weighted by Gasteiger charge is -2.29. The Morgan fingerprint density at radius 1 is 1.40 bits per heavy atom. The van der Waals surface area contributed by atoms with Gasteiger partial charge in [0.05, 0.1) is 0 Å². The van der Waals surface area contributed by atoms with Crippen LogP contribution in [0.5, 0.6) is 0 Å². The topological polar surface area (TPSA) is 52.6 Å². The molecule has 4 nitrogen and oxygen atoms in total. The minimum atomic E-state index is 0.137. The summed E-state index contributed by atoms with van der Waals surface area (Å²) in [5, 5.41) is 11.6. The van der Waals surface area contributed by atoms with Crippen molar-refractivity contribution >= 4 is 5.91 Å². The van der Waals surface area contributed by atoms with Crippen LogP contribution in [-0.2, 0) is 4.79 Å². The third-order valence-electron chi connectivity index (χ3n) is 2.90. The molecule has 15 heavy (non-hydrogen) atoms. The first-order chi connectivity index (χ1) is 7.22. The van der Waals surface area contributed by atoms with Gasteiger partial charge in [0.25, 0.3) is 0 Å². The third kappa shape index (κ3) is 5.14. The van der Waals surface area contributed by atoms with Crippen molar-refractivity contribution in [3.63, 3.8) is 0 Å². The number of nitrogens with zero attached hydrogens (tertiary/aromatic N) is 1. The highest BCUT2D eigenvalue weighted by molar-refractivity contribution is 5.76. The van der Waals surface area contributed by atoms with Crippen LogP contribution < -0.4 is 5.32 Å². The second-order valence-corrected chi connectivity index (χ2v) is 4.33. The molecule has 1 fully saturated rings. The molecule has 1 aliphatic rings. The Hall–Kier alpha value is -0.610. The number of rotatable bonds is 5. The normalized spacial score (nSPS) is 19.1. The first-order valence-electron chi connectivity index (χ1n) is 5.81. The lowest BCUT2D eigenvalue weighted by atomic mass is 10.1. The van der Waals surface area contributed by atoms with Gasteiger partial charge in [0, 0.05) is 19.1 Å². The number of hydrogen-bond acceptors (Lipinski definition) is 3. The van der Waals surface area contributed by atoms with Crippen LogP contribution in [0.1, 0.15) is 32.1 Å². The lowest BCUT2D eigenvalue weighted by molar-refractivity contribution is -0.122. The van der Waals surface area contributed by atoms with E-state index < -0.39 is 0 Å². The van der Waals surface area contributed by atoms with Crippen LogP contribution in [-0.4, -0.2) is 48.7 Å². The second kappa shape index (κ2) is 6.80. The number of likely N-dealkylation sites (tertiary alicyclic amines) is 1. The molecule has 0 saturated carbocycles. The van der Waals surface area contributed by atoms with Gasteiger partial charge in [-0.25, -0.2) is 0 Å². The molecule has 0 aromatic carbocycles. The van der Waals surface area contributed by atoms with E-state index in [1.807, 2.05) is 0 Å². The summed E-state index contributed by atoms with van der Waals surface area (Å²) >= 11 is 0. The fraction of sp³-hybridized carbons (Fsp3) is 0.909. The molecule has 0 aromatic rings. The van der Waals surface area contributed by atoms with E-state index in [9.17, 15) is 4.79 Å². The molecule has 1 rings (SSSR count). The maximum absolute atomic E-state index is 11.5. The minimum absolute atomic E-state index is 0.137. The van der Waals surface area contributed by atoms with E-state index in [1.165, 1.54) is 0 Å². The van der Waals surface area contributed by atoms with Gasteiger partial charge in [-0.15, -0.1) is 0 Å². The standard InChI is InChI=1S/C11H22N2O2/c1-13-7-5-10(6-8-13)12-11(15)4-2-3-9-14/h10,14H,2-9H2,1H3,(H,12,15). The van der Waals surface area contributed by atoms with Crippen LogP contribution in [0.4, 0.5) is 0 Å². The molecule has 0 aromatic heterocycles. The van der Waals surface area contributed by atoms with Crippen LogP contribution in [0.25, 0.3) is 0 Å². The largest absolute Gasteiger partial charge is 0.396 e. The molecule has 2 N–H and O–H groups in total. The zero-order chi connectivity index (χ0) is 11.1. The van der Waals surface area contributed by atoms with Crippen LogP contribution in [0.3, 0.4) is 0 Å². The Morgan fingerprint density at radius 3 is 2.67 bits per heavy atom. The molecule has 1 saturated heterocycles. The molecule has 88 valence electrons. The van der Waals surface area contributed by atoms with Gasteiger partial charge in [0.15, 0.2) is 0 Å². The number of piperidine rings is 1. The number of unbranched alkanes of at least 4 members (excludes halogenated alkanes) is 1. The number of nitrogens with one attached hydrogen (secondary N) is 1. The predicted molar refractivity (Wildman–Crippen MR) is 59.6 cm³/mol. The maximum atomic E-state index is 11.5. The Morgan fingerprint density at radius 2 is 2.07 bits per heavy atom. The Bertz CT molecular complexity index is 189. The van der Waals surface area contributed by atoms with Crippen molar-refractivity contribution < 1.29 is 9.90 Å². The summed E-state index contributed by atoms with van der Waals surface area (Å²) in [5.74, 6) is 0.137. The smallest absolute Gasteiger partial charge is 0.220 e. The van der Waals surface area contributed by atoms with Gasteiger partial charge in [0.2, 0.25) is 5.91 Å². The number of aliphatic hydroxyl groups is 1. The van der Waals surface area contributed by atoms with Gasteiger partial charge in [-0.3, -0.25) is 4.79 Å². The van der Waals surface area contributed by atoms with E-state index in [-0.39, 0.29) is 12.5 Å². The highest BCUT2D eigenvalue weighted by Crippen LogP contribution is 2.08. The van der Waals surface area contributed by atoms with E-state index in [0.29, 0.717) is 12.5 Å². The maximum Gasteiger partial charge on any atom is 0.220 e. The molecule has 1 heterocycles. The molecule has 0 spiro atoms. The molecule has 4 heteroatoms. The van der Waals surface area contributed by atoms with Crippen LogP contribution >= 0.6 is 0 Å². The SMILES string of the molecule is CN1CCC(NC(=O)CCCCO)CC1. The van der Waals surface area contributed by atoms with Crippen molar-refractivity contribution in [1.82, 2.24) is 10.2 Å². The molecule has 0 bridgehead atoms. The van der Waals surface area contributed by atoms with Gasteiger partial charge < -0.3 is 15.3 Å². The van der Waals surface area contributed by atoms with Crippen molar-refractivity contribution in [2.45, 2.75) is 38.1 Å². The molecule has 1 aliphatic heterocycles. The zero-order valence-electron chi connectivity index (χ0n) is 9.54. The summed E-state index contributed by atoms with van der Waals surface area (Å²) in [6, 6.07) is 0.364. The first kappa shape index (κ1) is 12.5. The number of amides is 1. The lowest BCUT2D eigenvalue weighted by Crippen LogP contribution is -2.43. The molecule has 0 atom stereocenters. The van der Waals surface area contributed by atoms with Gasteiger partial charge in [-0.1, -0.05) is 0 Å². The molecule has 1 amide bonds. The van der Waals surface area contributed by atoms with E-state index in [4.69, 9.17) is 5.11 Å². The van der Waals surface area contributed by atoms with E-state index >= 15 is 0 Å². The summed E-state index contributed by atoms with van der Waals surface area (Å²) < 4.78 is 0. The van der Waals surface area contributed by atoms with E-state index in [0.717, 1.165) is 38.8 Å². The number of carbonyl (C=O) groups excluding carboxylic acids is 1. The average molecular weight is 214 g/mol. The summed E-state index contributed by atoms with van der Waals surface area (Å²) in [5.41, 5.74) is 0. The first-order valence-corrected chi connectivity index (χ1v) is 5.81. The van der Waals surface area contributed by atoms with E-state index in [1.54, 1.807) is 0 Å². The summed E-state index contributed by atoms with van der Waals surface area (Å²) in [7, 11) is 2.11. The Labute approximate surface area is 91.6 Å². The van der Waals surface area contributed by atoms with Gasteiger partial charge in [-0.2, -0.15) is 0 Å². The van der Waals surface area contributed by atoms with E-state index in [2.05, 4.69) is 17.3 Å². The minimum Gasteiger partial charge on any atom is -0.396 e. The molecular weight excluding hydrogens is 192 g/mol. The predicted octanol–water partition coefficient (Wildman–Crippen LogP) is 0.359. The molecule has 0 radical (unpaired) electrons. The highest BCUT2D eigenvalue weighted by Gasteiger charge is 2.17. The molecule has 0 aliphatic carbocycles. The third-order valence-corrected chi connectivity index (χ3v) is 2.90. The van der Waals surface area contributed by atoms with Crippen LogP contribution in [0.15, 0.2) is 0 Å². The van der Waals surface area contributed by atoms with Crippen molar-refractivity contribution in [3.8, 4) is 0 Å². The highest BCUT2D eigenvalue weighted by atomic mass is 16.2. The van der Waals surface area contributed by atoms with Crippen molar-refractivity contribution in [2.24, 2.45) is 0 Å². The van der Waals surface area contributed by atoms with Crippen molar-refractivity contribution in [3.05, 3.63) is 0 Å². The Kier molecular flexibility index (Phi) is 5.65. The fourth-order valence-corrected chi connectivity index (χ4v) is 1.85. The quantitative estimate of drug-likeness (QED) is 0.650. The van der Waals surface area contributed by atoms with Crippen molar-refractivity contribution in [1.29, 1.82) is 0 Å². The second-order valence-electron chi connectivity index (χ2n) is 4.33. The summed E-state index contributed by atoms with van der Waals surface area (Å²) in [4.78, 5) is 13.7. The summed E-state index contributed by atoms with van der Waals surface area (Å²) in [6.45, 7) is 2.32. The number of carbonyl (C=O) groups is 1. The number of aliphatic hydroxyl groups excluding tert-OH is 1. The zero-order valence-corrected chi connectivity index (χ0v) is 9.54.